The molecule has 1 aliphatic rings. The molecule has 4 heteroatoms. The van der Waals surface area contributed by atoms with Gasteiger partial charge in [0, 0.05) is 29.8 Å². The summed E-state index contributed by atoms with van der Waals surface area (Å²) < 4.78 is 2.30. The van der Waals surface area contributed by atoms with Crippen molar-refractivity contribution < 1.29 is 0 Å². The Labute approximate surface area is 141 Å². The van der Waals surface area contributed by atoms with Crippen LogP contribution in [-0.4, -0.2) is 14.5 Å². The highest BCUT2D eigenvalue weighted by Gasteiger charge is 2.22. The number of hydrogen-bond donors (Lipinski definition) is 0. The van der Waals surface area contributed by atoms with Crippen molar-refractivity contribution in [3.05, 3.63) is 72.1 Å². The third-order valence-corrected chi connectivity index (χ3v) is 4.76. The number of fused-ring (bicyclic) bond motifs is 1. The molecule has 118 valence electrons. The minimum absolute atomic E-state index is 0.257. The van der Waals surface area contributed by atoms with Crippen molar-refractivity contribution in [3.63, 3.8) is 0 Å². The predicted octanol–water partition coefficient (Wildman–Crippen LogP) is 4.13. The quantitative estimate of drug-likeness (QED) is 0.714. The second kappa shape index (κ2) is 6.29. The Morgan fingerprint density at radius 3 is 2.92 bits per heavy atom. The van der Waals surface area contributed by atoms with Crippen molar-refractivity contribution in [2.75, 3.05) is 0 Å². The van der Waals surface area contributed by atoms with Gasteiger partial charge in [-0.05, 0) is 48.6 Å². The van der Waals surface area contributed by atoms with Crippen molar-refractivity contribution in [2.24, 2.45) is 0 Å². The van der Waals surface area contributed by atoms with Crippen LogP contribution in [0.3, 0.4) is 0 Å². The lowest BCUT2D eigenvalue weighted by atomic mass is 9.91. The predicted molar refractivity (Wildman–Crippen MR) is 92.3 cm³/mol. The summed E-state index contributed by atoms with van der Waals surface area (Å²) in [6, 6.07) is 12.5. The molecule has 0 saturated heterocycles. The van der Waals surface area contributed by atoms with Crippen LogP contribution in [0.15, 0.2) is 55.2 Å². The summed E-state index contributed by atoms with van der Waals surface area (Å²) >= 11 is 0. The average Bonchev–Trinajstić information content (AvgIpc) is 3.02. The van der Waals surface area contributed by atoms with E-state index in [1.54, 1.807) is 6.20 Å². The highest BCUT2D eigenvalue weighted by molar-refractivity contribution is 5.69. The summed E-state index contributed by atoms with van der Waals surface area (Å²) in [6.07, 6.45) is 12.1. The zero-order valence-electron chi connectivity index (χ0n) is 13.4. The minimum atomic E-state index is 0.257. The first-order chi connectivity index (χ1) is 11.9. The van der Waals surface area contributed by atoms with E-state index in [4.69, 9.17) is 0 Å². The van der Waals surface area contributed by atoms with Crippen LogP contribution in [0.5, 0.6) is 0 Å². The van der Waals surface area contributed by atoms with Crippen LogP contribution >= 0.6 is 0 Å². The van der Waals surface area contributed by atoms with E-state index < -0.39 is 0 Å². The molecule has 3 aromatic rings. The molecule has 0 saturated carbocycles. The zero-order chi connectivity index (χ0) is 16.4. The highest BCUT2D eigenvalue weighted by atomic mass is 15.1. The lowest BCUT2D eigenvalue weighted by molar-refractivity contribution is 0.537. The van der Waals surface area contributed by atoms with Crippen molar-refractivity contribution >= 4 is 0 Å². The number of nitrogens with zero attached hydrogens (tertiary/aromatic N) is 4. The fraction of sp³-hybridized carbons (Fsp3) is 0.250. The van der Waals surface area contributed by atoms with E-state index in [1.165, 1.54) is 24.1 Å². The van der Waals surface area contributed by atoms with Crippen molar-refractivity contribution in [1.29, 1.82) is 5.26 Å². The molecule has 0 amide bonds. The first kappa shape index (κ1) is 14.6. The summed E-state index contributed by atoms with van der Waals surface area (Å²) in [5.74, 6) is 0. The Bertz CT molecular complexity index is 890. The van der Waals surface area contributed by atoms with E-state index in [1.807, 2.05) is 36.9 Å². The number of aryl methyl sites for hydroxylation is 1. The van der Waals surface area contributed by atoms with Gasteiger partial charge in [0.25, 0.3) is 0 Å². The van der Waals surface area contributed by atoms with Gasteiger partial charge in [-0.15, -0.1) is 0 Å². The molecule has 0 radical (unpaired) electrons. The molecule has 24 heavy (non-hydrogen) atoms. The molecular formula is C20H18N4. The fourth-order valence-electron chi connectivity index (χ4n) is 3.58. The van der Waals surface area contributed by atoms with Crippen LogP contribution in [0.4, 0.5) is 0 Å². The van der Waals surface area contributed by atoms with Crippen LogP contribution in [0.1, 0.15) is 42.1 Å². The minimum Gasteiger partial charge on any atom is -0.327 e. The molecule has 1 aromatic carbocycles. The number of hydrogen-bond acceptors (Lipinski definition) is 3. The monoisotopic (exact) mass is 314 g/mol. The Morgan fingerprint density at radius 2 is 2.08 bits per heavy atom. The summed E-state index contributed by atoms with van der Waals surface area (Å²) in [5, 5.41) is 9.30. The second-order valence-corrected chi connectivity index (χ2v) is 6.21. The Kier molecular flexibility index (Phi) is 3.84. The number of nitriles is 1. The third kappa shape index (κ3) is 2.59. The van der Waals surface area contributed by atoms with E-state index in [2.05, 4.69) is 32.7 Å². The second-order valence-electron chi connectivity index (χ2n) is 6.21. The van der Waals surface area contributed by atoms with Gasteiger partial charge >= 0.3 is 0 Å². The highest BCUT2D eigenvalue weighted by Crippen LogP contribution is 2.36. The molecule has 2 aromatic heterocycles. The average molecular weight is 314 g/mol. The molecule has 4 rings (SSSR count). The smallest absolute Gasteiger partial charge is 0.0991 e. The number of aromatic nitrogens is 3. The van der Waals surface area contributed by atoms with E-state index in [0.717, 1.165) is 24.0 Å². The van der Waals surface area contributed by atoms with Crippen LogP contribution < -0.4 is 0 Å². The molecule has 1 aliphatic heterocycles. The molecular weight excluding hydrogens is 296 g/mol. The molecule has 0 N–H and O–H groups in total. The molecule has 0 fully saturated rings. The molecule has 0 aliphatic carbocycles. The van der Waals surface area contributed by atoms with Gasteiger partial charge < -0.3 is 4.57 Å². The van der Waals surface area contributed by atoms with E-state index >= 15 is 0 Å². The maximum atomic E-state index is 9.30. The Hall–Kier alpha value is -2.93. The van der Waals surface area contributed by atoms with Crippen LogP contribution in [-0.2, 0) is 6.42 Å². The van der Waals surface area contributed by atoms with Crippen LogP contribution in [0, 0.1) is 11.3 Å². The summed E-state index contributed by atoms with van der Waals surface area (Å²) in [5.41, 5.74) is 5.35. The van der Waals surface area contributed by atoms with Crippen molar-refractivity contribution in [2.45, 2.75) is 31.7 Å². The standard InChI is InChI=1S/C20H18N4/c21-11-15-7-8-18(19(10-15)16-4-3-9-22-12-16)20-6-2-1-5-17-13-23-14-24(17)20/h3-4,7-10,12-14,20H,1-2,5-6H2. The van der Waals surface area contributed by atoms with Crippen molar-refractivity contribution in [1.82, 2.24) is 14.5 Å². The molecule has 1 atom stereocenters. The third-order valence-electron chi connectivity index (χ3n) is 4.76. The lowest BCUT2D eigenvalue weighted by Gasteiger charge is -2.22. The molecule has 0 spiro atoms. The van der Waals surface area contributed by atoms with E-state index in [9.17, 15) is 5.26 Å². The van der Waals surface area contributed by atoms with Gasteiger partial charge in [0.1, 0.15) is 0 Å². The normalized spacial score (nSPS) is 16.9. The van der Waals surface area contributed by atoms with Gasteiger partial charge in [-0.1, -0.05) is 18.6 Å². The van der Waals surface area contributed by atoms with Gasteiger partial charge in [0.2, 0.25) is 0 Å². The SMILES string of the molecule is N#Cc1ccc(C2CCCCc3cncn32)c(-c2cccnc2)c1. The molecule has 0 bridgehead atoms. The maximum absolute atomic E-state index is 9.30. The van der Waals surface area contributed by atoms with Gasteiger partial charge in [-0.25, -0.2) is 4.98 Å². The van der Waals surface area contributed by atoms with E-state index in [-0.39, 0.29) is 6.04 Å². The van der Waals surface area contributed by atoms with Crippen LogP contribution in [0.25, 0.3) is 11.1 Å². The van der Waals surface area contributed by atoms with Crippen molar-refractivity contribution in [3.8, 4) is 17.2 Å². The van der Waals surface area contributed by atoms with Gasteiger partial charge in [0.15, 0.2) is 0 Å². The number of pyridine rings is 1. The van der Waals surface area contributed by atoms with Gasteiger partial charge in [-0.3, -0.25) is 4.98 Å². The number of benzene rings is 1. The zero-order valence-corrected chi connectivity index (χ0v) is 13.4. The fourth-order valence-corrected chi connectivity index (χ4v) is 3.58. The van der Waals surface area contributed by atoms with Gasteiger partial charge in [0.05, 0.1) is 24.0 Å². The number of imidazole rings is 1. The topological polar surface area (TPSA) is 54.5 Å². The first-order valence-corrected chi connectivity index (χ1v) is 8.32. The molecule has 3 heterocycles. The number of rotatable bonds is 2. The molecule has 1 unspecified atom stereocenters. The first-order valence-electron chi connectivity index (χ1n) is 8.32. The van der Waals surface area contributed by atoms with E-state index in [0.29, 0.717) is 5.56 Å². The summed E-state index contributed by atoms with van der Waals surface area (Å²) in [6.45, 7) is 0. The summed E-state index contributed by atoms with van der Waals surface area (Å²) in [7, 11) is 0. The van der Waals surface area contributed by atoms with Crippen LogP contribution in [0.2, 0.25) is 0 Å². The molecule has 4 nitrogen and oxygen atoms in total. The maximum Gasteiger partial charge on any atom is 0.0991 e. The van der Waals surface area contributed by atoms with Gasteiger partial charge in [-0.2, -0.15) is 5.26 Å². The Morgan fingerprint density at radius 1 is 1.12 bits per heavy atom. The Balaban J connectivity index is 1.89. The summed E-state index contributed by atoms with van der Waals surface area (Å²) in [4.78, 5) is 8.61. The largest absolute Gasteiger partial charge is 0.327 e. The lowest BCUT2D eigenvalue weighted by Crippen LogP contribution is -2.12.